The van der Waals surface area contributed by atoms with Gasteiger partial charge in [0.15, 0.2) is 0 Å². The Bertz CT molecular complexity index is 189. The summed E-state index contributed by atoms with van der Waals surface area (Å²) in [6.45, 7) is 11.4. The maximum Gasteiger partial charge on any atom is 0.0370 e. The molecule has 1 atom stereocenters. The van der Waals surface area contributed by atoms with E-state index in [9.17, 15) is 0 Å². The summed E-state index contributed by atoms with van der Waals surface area (Å²) in [6, 6.07) is 0. The van der Waals surface area contributed by atoms with Gasteiger partial charge in [-0.1, -0.05) is 20.1 Å². The van der Waals surface area contributed by atoms with Gasteiger partial charge >= 0.3 is 0 Å². The van der Waals surface area contributed by atoms with Gasteiger partial charge < -0.3 is 16.4 Å². The standard InChI is InChI=1S/C12H25N3/c1-10(8-11(2)13)6-5-7-15(4)9-12(3)14/h10H,2-3,5-9,13-14H2,1,4H3. The number of hydrogen-bond acceptors (Lipinski definition) is 3. The first-order valence-corrected chi connectivity index (χ1v) is 5.47. The predicted octanol–water partition coefficient (Wildman–Crippen LogP) is 1.67. The van der Waals surface area contributed by atoms with Crippen LogP contribution >= 0.6 is 0 Å². The van der Waals surface area contributed by atoms with Crippen molar-refractivity contribution < 1.29 is 0 Å². The molecule has 0 aliphatic rings. The fraction of sp³-hybridized carbons (Fsp3) is 0.667. The Balaban J connectivity index is 3.52. The summed E-state index contributed by atoms with van der Waals surface area (Å²) in [5, 5.41) is 0. The Labute approximate surface area is 93.8 Å². The van der Waals surface area contributed by atoms with Gasteiger partial charge in [0.05, 0.1) is 0 Å². The number of nitrogens with two attached hydrogens (primary N) is 2. The van der Waals surface area contributed by atoms with Crippen LogP contribution in [0.5, 0.6) is 0 Å². The molecular weight excluding hydrogens is 186 g/mol. The maximum atomic E-state index is 5.56. The van der Waals surface area contributed by atoms with Crippen molar-refractivity contribution in [2.75, 3.05) is 20.1 Å². The lowest BCUT2D eigenvalue weighted by atomic mass is 10.0. The van der Waals surface area contributed by atoms with Crippen LogP contribution in [-0.2, 0) is 0 Å². The molecule has 0 heterocycles. The second kappa shape index (κ2) is 7.35. The van der Waals surface area contributed by atoms with Crippen LogP contribution in [0, 0.1) is 5.92 Å². The molecule has 3 nitrogen and oxygen atoms in total. The summed E-state index contributed by atoms with van der Waals surface area (Å²) in [5.41, 5.74) is 12.6. The van der Waals surface area contributed by atoms with E-state index in [4.69, 9.17) is 11.5 Å². The van der Waals surface area contributed by atoms with E-state index >= 15 is 0 Å². The van der Waals surface area contributed by atoms with Crippen LogP contribution < -0.4 is 11.5 Å². The largest absolute Gasteiger partial charge is 0.403 e. The minimum Gasteiger partial charge on any atom is -0.403 e. The highest BCUT2D eigenvalue weighted by Gasteiger charge is 2.04. The number of allylic oxidation sites excluding steroid dienone is 1. The van der Waals surface area contributed by atoms with E-state index in [-0.39, 0.29) is 0 Å². The molecule has 0 saturated heterocycles. The molecule has 0 aromatic carbocycles. The highest BCUT2D eigenvalue weighted by atomic mass is 15.1. The Kier molecular flexibility index (Phi) is 6.88. The monoisotopic (exact) mass is 211 g/mol. The lowest BCUT2D eigenvalue weighted by molar-refractivity contribution is 0.336. The summed E-state index contributed by atoms with van der Waals surface area (Å²) >= 11 is 0. The molecule has 0 aliphatic heterocycles. The maximum absolute atomic E-state index is 5.56. The molecule has 0 aromatic heterocycles. The lowest BCUT2D eigenvalue weighted by Gasteiger charge is -2.17. The highest BCUT2D eigenvalue weighted by Crippen LogP contribution is 2.12. The van der Waals surface area contributed by atoms with Gasteiger partial charge in [0.1, 0.15) is 0 Å². The summed E-state index contributed by atoms with van der Waals surface area (Å²) < 4.78 is 0. The quantitative estimate of drug-likeness (QED) is 0.642. The van der Waals surface area contributed by atoms with Crippen molar-refractivity contribution in [2.24, 2.45) is 17.4 Å². The summed E-state index contributed by atoms with van der Waals surface area (Å²) in [7, 11) is 2.06. The third-order valence-corrected chi connectivity index (χ3v) is 2.32. The third kappa shape index (κ3) is 9.35. The highest BCUT2D eigenvalue weighted by molar-refractivity contribution is 4.89. The second-order valence-corrected chi connectivity index (χ2v) is 4.51. The van der Waals surface area contributed by atoms with Crippen molar-refractivity contribution in [1.82, 2.24) is 4.90 Å². The van der Waals surface area contributed by atoms with Crippen LogP contribution in [-0.4, -0.2) is 25.0 Å². The molecule has 1 unspecified atom stereocenters. The predicted molar refractivity (Wildman–Crippen MR) is 67.2 cm³/mol. The first-order valence-electron chi connectivity index (χ1n) is 5.47. The van der Waals surface area contributed by atoms with E-state index in [1.807, 2.05) is 0 Å². The Morgan fingerprint density at radius 1 is 1.27 bits per heavy atom. The molecule has 0 fully saturated rings. The van der Waals surface area contributed by atoms with Gasteiger partial charge in [0, 0.05) is 17.9 Å². The van der Waals surface area contributed by atoms with E-state index in [2.05, 4.69) is 32.0 Å². The van der Waals surface area contributed by atoms with E-state index in [1.165, 1.54) is 6.42 Å². The molecule has 0 aromatic rings. The molecule has 0 aliphatic carbocycles. The fourth-order valence-corrected chi connectivity index (χ4v) is 1.69. The molecule has 0 radical (unpaired) electrons. The van der Waals surface area contributed by atoms with Gasteiger partial charge in [0.25, 0.3) is 0 Å². The van der Waals surface area contributed by atoms with E-state index in [0.29, 0.717) is 5.92 Å². The van der Waals surface area contributed by atoms with Crippen LogP contribution in [0.1, 0.15) is 26.2 Å². The fourth-order valence-electron chi connectivity index (χ4n) is 1.69. The summed E-state index contributed by atoms with van der Waals surface area (Å²) in [6.07, 6.45) is 3.27. The number of nitrogens with zero attached hydrogens (tertiary/aromatic N) is 1. The zero-order valence-electron chi connectivity index (χ0n) is 10.1. The van der Waals surface area contributed by atoms with Crippen molar-refractivity contribution in [3.8, 4) is 0 Å². The van der Waals surface area contributed by atoms with Crippen molar-refractivity contribution in [3.63, 3.8) is 0 Å². The van der Waals surface area contributed by atoms with Crippen LogP contribution in [0.2, 0.25) is 0 Å². The number of likely N-dealkylation sites (N-methyl/N-ethyl adjacent to an activating group) is 1. The average Bonchev–Trinajstić information content (AvgIpc) is 2.00. The van der Waals surface area contributed by atoms with Gasteiger partial charge in [-0.3, -0.25) is 0 Å². The Morgan fingerprint density at radius 3 is 2.33 bits per heavy atom. The molecule has 15 heavy (non-hydrogen) atoms. The first-order chi connectivity index (χ1) is 6.91. The zero-order chi connectivity index (χ0) is 11.8. The zero-order valence-corrected chi connectivity index (χ0v) is 10.1. The minimum atomic E-state index is 0.622. The topological polar surface area (TPSA) is 55.3 Å². The number of rotatable bonds is 8. The van der Waals surface area contributed by atoms with Gasteiger partial charge in [-0.05, 0) is 38.8 Å². The molecule has 4 N–H and O–H groups in total. The van der Waals surface area contributed by atoms with E-state index in [1.54, 1.807) is 0 Å². The van der Waals surface area contributed by atoms with Gasteiger partial charge in [-0.15, -0.1) is 0 Å². The van der Waals surface area contributed by atoms with Gasteiger partial charge in [-0.25, -0.2) is 0 Å². The molecule has 0 saturated carbocycles. The summed E-state index contributed by atoms with van der Waals surface area (Å²) in [5.74, 6) is 0.622. The van der Waals surface area contributed by atoms with Crippen molar-refractivity contribution in [3.05, 3.63) is 24.6 Å². The van der Waals surface area contributed by atoms with Gasteiger partial charge in [0.2, 0.25) is 0 Å². The Morgan fingerprint density at radius 2 is 1.87 bits per heavy atom. The molecular formula is C12H25N3. The van der Waals surface area contributed by atoms with Crippen molar-refractivity contribution in [2.45, 2.75) is 26.2 Å². The molecule has 3 heteroatoms. The average molecular weight is 211 g/mol. The van der Waals surface area contributed by atoms with Gasteiger partial charge in [-0.2, -0.15) is 0 Å². The van der Waals surface area contributed by atoms with Crippen molar-refractivity contribution in [1.29, 1.82) is 0 Å². The van der Waals surface area contributed by atoms with E-state index in [0.717, 1.165) is 37.3 Å². The summed E-state index contributed by atoms with van der Waals surface area (Å²) in [4.78, 5) is 2.19. The number of hydrogen-bond donors (Lipinski definition) is 2. The normalized spacial score (nSPS) is 12.7. The van der Waals surface area contributed by atoms with Crippen LogP contribution in [0.25, 0.3) is 0 Å². The van der Waals surface area contributed by atoms with Crippen LogP contribution in [0.15, 0.2) is 24.6 Å². The van der Waals surface area contributed by atoms with Crippen molar-refractivity contribution >= 4 is 0 Å². The SMILES string of the molecule is C=C(N)CC(C)CCCN(C)CC(=C)N. The van der Waals surface area contributed by atoms with E-state index < -0.39 is 0 Å². The minimum absolute atomic E-state index is 0.622. The van der Waals surface area contributed by atoms with Crippen LogP contribution in [0.3, 0.4) is 0 Å². The molecule has 0 bridgehead atoms. The molecule has 0 rings (SSSR count). The Hall–Kier alpha value is -0.960. The molecule has 88 valence electrons. The smallest absolute Gasteiger partial charge is 0.0370 e. The second-order valence-electron chi connectivity index (χ2n) is 4.51. The molecule has 0 amide bonds. The lowest BCUT2D eigenvalue weighted by Crippen LogP contribution is -2.24. The molecule has 0 spiro atoms. The third-order valence-electron chi connectivity index (χ3n) is 2.32. The first kappa shape index (κ1) is 14.0. The van der Waals surface area contributed by atoms with Crippen LogP contribution in [0.4, 0.5) is 0 Å².